The van der Waals surface area contributed by atoms with Crippen LogP contribution in [-0.4, -0.2) is 44.7 Å². The summed E-state index contributed by atoms with van der Waals surface area (Å²) in [6.45, 7) is 3.15. The van der Waals surface area contributed by atoms with E-state index in [9.17, 15) is 9.18 Å². The molecule has 0 atom stereocenters. The zero-order valence-electron chi connectivity index (χ0n) is 15.8. The highest BCUT2D eigenvalue weighted by Crippen LogP contribution is 2.28. The maximum Gasteiger partial charge on any atom is 0.246 e. The molecule has 1 amide bonds. The van der Waals surface area contributed by atoms with Crippen LogP contribution in [0.15, 0.2) is 48.5 Å². The van der Waals surface area contributed by atoms with Gasteiger partial charge in [0.15, 0.2) is 11.5 Å². The molecule has 0 radical (unpaired) electrons. The number of rotatable bonds is 9. The van der Waals surface area contributed by atoms with Crippen LogP contribution in [0.25, 0.3) is 6.08 Å². The monoisotopic (exact) mass is 373 g/mol. The van der Waals surface area contributed by atoms with Gasteiger partial charge < -0.3 is 19.1 Å². The molecule has 2 rings (SSSR count). The quantitative estimate of drug-likeness (QED) is 0.628. The molecule has 6 heteroatoms. The number of halogens is 1. The summed E-state index contributed by atoms with van der Waals surface area (Å²) in [5.74, 6) is 1.39. The smallest absolute Gasteiger partial charge is 0.246 e. The zero-order valence-corrected chi connectivity index (χ0v) is 15.8. The second kappa shape index (κ2) is 10.2. The number of hydrogen-bond donors (Lipinski definition) is 0. The lowest BCUT2D eigenvalue weighted by molar-refractivity contribution is -0.125. The topological polar surface area (TPSA) is 48.0 Å². The van der Waals surface area contributed by atoms with Crippen molar-refractivity contribution in [3.8, 4) is 17.2 Å². The summed E-state index contributed by atoms with van der Waals surface area (Å²) in [6.07, 6.45) is 3.22. The van der Waals surface area contributed by atoms with Crippen LogP contribution >= 0.6 is 0 Å². The number of benzene rings is 2. The second-order valence-corrected chi connectivity index (χ2v) is 5.74. The van der Waals surface area contributed by atoms with Crippen molar-refractivity contribution < 1.29 is 23.4 Å². The molecule has 0 aliphatic heterocycles. The molecule has 0 fully saturated rings. The maximum atomic E-state index is 12.8. The Morgan fingerprint density at radius 2 is 1.85 bits per heavy atom. The van der Waals surface area contributed by atoms with Crippen LogP contribution in [0.3, 0.4) is 0 Å². The number of nitrogens with zero attached hydrogens (tertiary/aromatic N) is 1. The van der Waals surface area contributed by atoms with Crippen LogP contribution < -0.4 is 14.2 Å². The summed E-state index contributed by atoms with van der Waals surface area (Å²) in [6, 6.07) is 11.2. The van der Waals surface area contributed by atoms with Crippen LogP contribution in [0.5, 0.6) is 17.2 Å². The number of methoxy groups -OCH3 is 1. The molecular weight excluding hydrogens is 349 g/mol. The van der Waals surface area contributed by atoms with Gasteiger partial charge in [-0.1, -0.05) is 6.07 Å². The van der Waals surface area contributed by atoms with Gasteiger partial charge in [0.25, 0.3) is 0 Å². The highest BCUT2D eigenvalue weighted by atomic mass is 19.1. The van der Waals surface area contributed by atoms with E-state index < -0.39 is 0 Å². The number of hydrogen-bond acceptors (Lipinski definition) is 4. The van der Waals surface area contributed by atoms with Crippen LogP contribution in [0.1, 0.15) is 12.5 Å². The normalized spacial score (nSPS) is 10.7. The van der Waals surface area contributed by atoms with Gasteiger partial charge in [0.1, 0.15) is 18.2 Å². The Morgan fingerprint density at radius 3 is 2.52 bits per heavy atom. The van der Waals surface area contributed by atoms with E-state index in [1.807, 2.05) is 19.1 Å². The summed E-state index contributed by atoms with van der Waals surface area (Å²) in [7, 11) is 3.28. The van der Waals surface area contributed by atoms with Crippen molar-refractivity contribution in [3.63, 3.8) is 0 Å². The Hall–Kier alpha value is -3.02. The molecule has 2 aromatic carbocycles. The predicted octanol–water partition coefficient (Wildman–Crippen LogP) is 3.78. The van der Waals surface area contributed by atoms with Crippen molar-refractivity contribution in [2.75, 3.05) is 33.9 Å². The van der Waals surface area contributed by atoms with Crippen molar-refractivity contribution in [1.29, 1.82) is 0 Å². The SMILES string of the molecule is CCOc1cc(/C=C/C(=O)N(C)CCOc2ccc(F)cc2)ccc1OC. The first-order valence-electron chi connectivity index (χ1n) is 8.66. The molecule has 0 saturated carbocycles. The van der Waals surface area contributed by atoms with Gasteiger partial charge in [-0.05, 0) is 55.0 Å². The van der Waals surface area contributed by atoms with Crippen molar-refractivity contribution >= 4 is 12.0 Å². The van der Waals surface area contributed by atoms with Crippen molar-refractivity contribution in [2.24, 2.45) is 0 Å². The Morgan fingerprint density at radius 1 is 1.11 bits per heavy atom. The Balaban J connectivity index is 1.87. The third-order valence-electron chi connectivity index (χ3n) is 3.79. The van der Waals surface area contributed by atoms with Crippen molar-refractivity contribution in [3.05, 3.63) is 59.9 Å². The summed E-state index contributed by atoms with van der Waals surface area (Å²) < 4.78 is 29.1. The standard InChI is InChI=1S/C21H24FNO4/c1-4-26-20-15-16(5-11-19(20)25-3)6-12-21(24)23(2)13-14-27-18-9-7-17(22)8-10-18/h5-12,15H,4,13-14H2,1-3H3/b12-6+. The van der Waals surface area contributed by atoms with Crippen molar-refractivity contribution in [1.82, 2.24) is 4.90 Å². The van der Waals surface area contributed by atoms with E-state index in [-0.39, 0.29) is 11.7 Å². The predicted molar refractivity (Wildman–Crippen MR) is 103 cm³/mol. The third-order valence-corrected chi connectivity index (χ3v) is 3.79. The molecule has 2 aromatic rings. The molecule has 0 spiro atoms. The lowest BCUT2D eigenvalue weighted by Gasteiger charge is -2.15. The summed E-state index contributed by atoms with van der Waals surface area (Å²) >= 11 is 0. The van der Waals surface area contributed by atoms with Gasteiger partial charge in [-0.15, -0.1) is 0 Å². The first-order chi connectivity index (χ1) is 13.0. The summed E-state index contributed by atoms with van der Waals surface area (Å²) in [5, 5.41) is 0. The molecule has 144 valence electrons. The Labute approximate surface area is 159 Å². The number of ether oxygens (including phenoxy) is 3. The number of carbonyl (C=O) groups is 1. The molecule has 0 heterocycles. The van der Waals surface area contributed by atoms with Gasteiger partial charge in [0, 0.05) is 13.1 Å². The van der Waals surface area contributed by atoms with E-state index in [0.29, 0.717) is 37.0 Å². The van der Waals surface area contributed by atoms with Gasteiger partial charge >= 0.3 is 0 Å². The first-order valence-corrected chi connectivity index (χ1v) is 8.66. The third kappa shape index (κ3) is 6.33. The summed E-state index contributed by atoms with van der Waals surface area (Å²) in [5.41, 5.74) is 0.837. The highest BCUT2D eigenvalue weighted by molar-refractivity contribution is 5.91. The molecule has 0 saturated heterocycles. The molecular formula is C21H24FNO4. The minimum absolute atomic E-state index is 0.147. The van der Waals surface area contributed by atoms with Gasteiger partial charge in [-0.2, -0.15) is 0 Å². The van der Waals surface area contributed by atoms with Crippen LogP contribution in [-0.2, 0) is 4.79 Å². The molecule has 0 bridgehead atoms. The number of carbonyl (C=O) groups excluding carboxylic acids is 1. The molecule has 0 aliphatic carbocycles. The van der Waals surface area contributed by atoms with Crippen molar-refractivity contribution in [2.45, 2.75) is 6.92 Å². The van der Waals surface area contributed by atoms with E-state index in [1.54, 1.807) is 43.3 Å². The molecule has 27 heavy (non-hydrogen) atoms. The maximum absolute atomic E-state index is 12.8. The van der Waals surface area contributed by atoms with Gasteiger partial charge in [-0.25, -0.2) is 4.39 Å². The average Bonchev–Trinajstić information content (AvgIpc) is 2.68. The molecule has 0 N–H and O–H groups in total. The number of amides is 1. The average molecular weight is 373 g/mol. The van der Waals surface area contributed by atoms with Crippen LogP contribution in [0, 0.1) is 5.82 Å². The fourth-order valence-corrected chi connectivity index (χ4v) is 2.30. The highest BCUT2D eigenvalue weighted by Gasteiger charge is 2.07. The van der Waals surface area contributed by atoms with Crippen LogP contribution in [0.2, 0.25) is 0 Å². The summed E-state index contributed by atoms with van der Waals surface area (Å²) in [4.78, 5) is 13.8. The van der Waals surface area contributed by atoms with Gasteiger partial charge in [0.05, 0.1) is 20.3 Å². The fourth-order valence-electron chi connectivity index (χ4n) is 2.30. The minimum Gasteiger partial charge on any atom is -0.493 e. The van der Waals surface area contributed by atoms with E-state index in [0.717, 1.165) is 5.56 Å². The first kappa shape index (κ1) is 20.3. The van der Waals surface area contributed by atoms with E-state index >= 15 is 0 Å². The minimum atomic E-state index is -0.314. The van der Waals surface area contributed by atoms with Gasteiger partial charge in [-0.3, -0.25) is 4.79 Å². The van der Waals surface area contributed by atoms with Gasteiger partial charge in [0.2, 0.25) is 5.91 Å². The molecule has 0 aromatic heterocycles. The lowest BCUT2D eigenvalue weighted by atomic mass is 10.2. The lowest BCUT2D eigenvalue weighted by Crippen LogP contribution is -2.29. The second-order valence-electron chi connectivity index (χ2n) is 5.74. The zero-order chi connectivity index (χ0) is 19.6. The largest absolute Gasteiger partial charge is 0.493 e. The van der Waals surface area contributed by atoms with Crippen LogP contribution in [0.4, 0.5) is 4.39 Å². The number of likely N-dealkylation sites (N-methyl/N-ethyl adjacent to an activating group) is 1. The fraction of sp³-hybridized carbons (Fsp3) is 0.286. The Bertz CT molecular complexity index is 774. The Kier molecular flexibility index (Phi) is 7.67. The van der Waals surface area contributed by atoms with E-state index in [4.69, 9.17) is 14.2 Å². The molecule has 5 nitrogen and oxygen atoms in total. The molecule has 0 aliphatic rings. The van der Waals surface area contributed by atoms with E-state index in [2.05, 4.69) is 0 Å². The van der Waals surface area contributed by atoms with E-state index in [1.165, 1.54) is 18.2 Å². The molecule has 0 unspecified atom stereocenters.